The van der Waals surface area contributed by atoms with Crippen molar-refractivity contribution in [2.45, 2.75) is 18.8 Å². The van der Waals surface area contributed by atoms with Gasteiger partial charge >= 0.3 is 0 Å². The Hall–Kier alpha value is -2.32. The van der Waals surface area contributed by atoms with Crippen LogP contribution in [0.25, 0.3) is 0 Å². The Morgan fingerprint density at radius 3 is 2.95 bits per heavy atom. The van der Waals surface area contributed by atoms with Crippen molar-refractivity contribution in [1.29, 1.82) is 5.26 Å². The standard InChI is InChI=1S/C15H13ClN4O/c1-21-15-12(3-2-6-18-15)19-14-10(8-17)7-11(16)13(20-14)9-4-5-9/h2-3,6-7,9H,4-5H2,1H3,(H,19,20). The predicted molar refractivity (Wildman–Crippen MR) is 80.0 cm³/mol. The Morgan fingerprint density at radius 2 is 2.29 bits per heavy atom. The Kier molecular flexibility index (Phi) is 3.63. The summed E-state index contributed by atoms with van der Waals surface area (Å²) < 4.78 is 5.19. The van der Waals surface area contributed by atoms with Crippen LogP contribution < -0.4 is 10.1 Å². The number of nitriles is 1. The monoisotopic (exact) mass is 300 g/mol. The largest absolute Gasteiger partial charge is 0.480 e. The van der Waals surface area contributed by atoms with E-state index in [0.29, 0.717) is 33.9 Å². The Labute approximate surface area is 127 Å². The minimum absolute atomic E-state index is 0.398. The van der Waals surface area contributed by atoms with Crippen molar-refractivity contribution in [3.8, 4) is 11.9 Å². The third kappa shape index (κ3) is 2.76. The number of pyridine rings is 2. The van der Waals surface area contributed by atoms with Crippen LogP contribution in [0.3, 0.4) is 0 Å². The van der Waals surface area contributed by atoms with Crippen molar-refractivity contribution in [3.05, 3.63) is 40.7 Å². The molecule has 3 rings (SSSR count). The highest BCUT2D eigenvalue weighted by atomic mass is 35.5. The zero-order valence-electron chi connectivity index (χ0n) is 11.4. The van der Waals surface area contributed by atoms with E-state index in [1.807, 2.05) is 6.07 Å². The smallest absolute Gasteiger partial charge is 0.237 e. The molecule has 0 aromatic carbocycles. The summed E-state index contributed by atoms with van der Waals surface area (Å²) in [6, 6.07) is 7.38. The molecule has 5 nitrogen and oxygen atoms in total. The van der Waals surface area contributed by atoms with Gasteiger partial charge in [0.1, 0.15) is 17.6 Å². The van der Waals surface area contributed by atoms with Gasteiger partial charge in [-0.3, -0.25) is 0 Å². The fourth-order valence-electron chi connectivity index (χ4n) is 2.10. The average molecular weight is 301 g/mol. The SMILES string of the molecule is COc1ncccc1Nc1nc(C2CC2)c(Cl)cc1C#N. The van der Waals surface area contributed by atoms with Gasteiger partial charge in [0.2, 0.25) is 5.88 Å². The van der Waals surface area contributed by atoms with Gasteiger partial charge in [-0.2, -0.15) is 5.26 Å². The van der Waals surface area contributed by atoms with E-state index in [1.165, 1.54) is 0 Å². The molecule has 1 aliphatic rings. The number of rotatable bonds is 4. The van der Waals surface area contributed by atoms with Gasteiger partial charge < -0.3 is 10.1 Å². The second-order valence-electron chi connectivity index (χ2n) is 4.82. The van der Waals surface area contributed by atoms with Gasteiger partial charge in [-0.1, -0.05) is 11.6 Å². The van der Waals surface area contributed by atoms with E-state index in [9.17, 15) is 5.26 Å². The highest BCUT2D eigenvalue weighted by Gasteiger charge is 2.28. The van der Waals surface area contributed by atoms with Crippen molar-refractivity contribution in [3.63, 3.8) is 0 Å². The zero-order chi connectivity index (χ0) is 14.8. The maximum absolute atomic E-state index is 9.26. The topological polar surface area (TPSA) is 70.8 Å². The highest BCUT2D eigenvalue weighted by molar-refractivity contribution is 6.31. The fourth-order valence-corrected chi connectivity index (χ4v) is 2.41. The van der Waals surface area contributed by atoms with E-state index in [0.717, 1.165) is 18.5 Å². The zero-order valence-corrected chi connectivity index (χ0v) is 12.2. The minimum Gasteiger partial charge on any atom is -0.480 e. The van der Waals surface area contributed by atoms with Crippen molar-refractivity contribution < 1.29 is 4.74 Å². The molecule has 1 N–H and O–H groups in total. The van der Waals surface area contributed by atoms with Crippen LogP contribution in [-0.4, -0.2) is 17.1 Å². The predicted octanol–water partition coefficient (Wildman–Crippen LogP) is 3.63. The second kappa shape index (κ2) is 5.58. The Balaban J connectivity index is 2.01. The number of ether oxygens (including phenoxy) is 1. The molecule has 21 heavy (non-hydrogen) atoms. The molecule has 0 radical (unpaired) electrons. The molecule has 2 aromatic heterocycles. The van der Waals surface area contributed by atoms with E-state index in [-0.39, 0.29) is 0 Å². The molecule has 1 fully saturated rings. The average Bonchev–Trinajstić information content (AvgIpc) is 3.33. The van der Waals surface area contributed by atoms with Crippen molar-refractivity contribution in [2.75, 3.05) is 12.4 Å². The molecule has 0 unspecified atom stereocenters. The maximum atomic E-state index is 9.26. The quantitative estimate of drug-likeness (QED) is 0.933. The summed E-state index contributed by atoms with van der Waals surface area (Å²) in [5.74, 6) is 1.34. The first-order chi connectivity index (χ1) is 10.2. The van der Waals surface area contributed by atoms with Gasteiger partial charge in [0.05, 0.1) is 23.4 Å². The molecular weight excluding hydrogens is 288 g/mol. The first-order valence-corrected chi connectivity index (χ1v) is 6.97. The van der Waals surface area contributed by atoms with Gasteiger partial charge in [-0.25, -0.2) is 9.97 Å². The van der Waals surface area contributed by atoms with E-state index >= 15 is 0 Å². The lowest BCUT2D eigenvalue weighted by molar-refractivity contribution is 0.400. The first-order valence-electron chi connectivity index (χ1n) is 6.59. The van der Waals surface area contributed by atoms with Crippen LogP contribution in [0.5, 0.6) is 5.88 Å². The lowest BCUT2D eigenvalue weighted by atomic mass is 10.2. The fraction of sp³-hybridized carbons (Fsp3) is 0.267. The van der Waals surface area contributed by atoms with Crippen LogP contribution in [0.2, 0.25) is 5.02 Å². The summed E-state index contributed by atoms with van der Waals surface area (Å²) in [4.78, 5) is 8.64. The van der Waals surface area contributed by atoms with Gasteiger partial charge in [0.25, 0.3) is 0 Å². The first kappa shape index (κ1) is 13.7. The number of nitrogens with one attached hydrogen (secondary N) is 1. The number of hydrogen-bond donors (Lipinski definition) is 1. The number of nitrogens with zero attached hydrogens (tertiary/aromatic N) is 3. The number of halogens is 1. The van der Waals surface area contributed by atoms with Gasteiger partial charge in [-0.05, 0) is 31.0 Å². The highest BCUT2D eigenvalue weighted by Crippen LogP contribution is 2.43. The van der Waals surface area contributed by atoms with Crippen molar-refractivity contribution in [2.24, 2.45) is 0 Å². The van der Waals surface area contributed by atoms with E-state index in [4.69, 9.17) is 16.3 Å². The van der Waals surface area contributed by atoms with Crippen LogP contribution in [0.15, 0.2) is 24.4 Å². The molecular formula is C15H13ClN4O. The number of methoxy groups -OCH3 is 1. The van der Waals surface area contributed by atoms with E-state index < -0.39 is 0 Å². The molecule has 0 amide bonds. The van der Waals surface area contributed by atoms with Gasteiger partial charge in [0.15, 0.2) is 0 Å². The minimum atomic E-state index is 0.398. The molecule has 106 valence electrons. The summed E-state index contributed by atoms with van der Waals surface area (Å²) in [7, 11) is 1.55. The van der Waals surface area contributed by atoms with Crippen LogP contribution >= 0.6 is 11.6 Å². The van der Waals surface area contributed by atoms with Crippen LogP contribution in [0.4, 0.5) is 11.5 Å². The molecule has 6 heteroatoms. The summed E-state index contributed by atoms with van der Waals surface area (Å²) in [5.41, 5.74) is 1.91. The number of hydrogen-bond acceptors (Lipinski definition) is 5. The Bertz CT molecular complexity index is 722. The van der Waals surface area contributed by atoms with Crippen LogP contribution in [0.1, 0.15) is 30.0 Å². The van der Waals surface area contributed by atoms with Gasteiger partial charge in [-0.15, -0.1) is 0 Å². The summed E-state index contributed by atoms with van der Waals surface area (Å²) in [5, 5.41) is 12.9. The summed E-state index contributed by atoms with van der Waals surface area (Å²) in [6.45, 7) is 0. The molecule has 1 saturated carbocycles. The van der Waals surface area contributed by atoms with Crippen molar-refractivity contribution in [1.82, 2.24) is 9.97 Å². The molecule has 2 heterocycles. The molecule has 0 atom stereocenters. The lowest BCUT2D eigenvalue weighted by Crippen LogP contribution is -2.02. The molecule has 2 aromatic rings. The molecule has 1 aliphatic carbocycles. The van der Waals surface area contributed by atoms with Crippen LogP contribution in [0, 0.1) is 11.3 Å². The molecule has 0 saturated heterocycles. The lowest BCUT2D eigenvalue weighted by Gasteiger charge is -2.12. The summed E-state index contributed by atoms with van der Waals surface area (Å²) in [6.07, 6.45) is 3.82. The number of aromatic nitrogens is 2. The second-order valence-corrected chi connectivity index (χ2v) is 5.23. The molecule has 0 bridgehead atoms. The van der Waals surface area contributed by atoms with E-state index in [1.54, 1.807) is 25.4 Å². The third-order valence-corrected chi connectivity index (χ3v) is 3.61. The third-order valence-electron chi connectivity index (χ3n) is 3.31. The maximum Gasteiger partial charge on any atom is 0.237 e. The normalized spacial score (nSPS) is 13.6. The molecule has 0 spiro atoms. The van der Waals surface area contributed by atoms with Gasteiger partial charge in [0, 0.05) is 12.1 Å². The Morgan fingerprint density at radius 1 is 1.48 bits per heavy atom. The van der Waals surface area contributed by atoms with Crippen LogP contribution in [-0.2, 0) is 0 Å². The van der Waals surface area contributed by atoms with Crippen molar-refractivity contribution >= 4 is 23.1 Å². The molecule has 0 aliphatic heterocycles. The number of anilines is 2. The van der Waals surface area contributed by atoms with E-state index in [2.05, 4.69) is 21.4 Å². The summed E-state index contributed by atoms with van der Waals surface area (Å²) >= 11 is 6.20.